The van der Waals surface area contributed by atoms with E-state index in [4.69, 9.17) is 0 Å². The number of aryl methyl sites for hydroxylation is 1. The minimum absolute atomic E-state index is 0.154. The van der Waals surface area contributed by atoms with E-state index in [0.717, 1.165) is 36.8 Å². The average molecular weight is 585 g/mol. The number of hydrogen-bond donors (Lipinski definition) is 3. The molecule has 4 amide bonds. The third-order valence-corrected chi connectivity index (χ3v) is 10.5. The first-order chi connectivity index (χ1) is 19.6. The van der Waals surface area contributed by atoms with Crippen LogP contribution in [-0.2, 0) is 35.6 Å². The number of carbonyl (C=O) groups excluding carboxylic acids is 4. The summed E-state index contributed by atoms with van der Waals surface area (Å²) in [5.74, 6) is -2.04. The van der Waals surface area contributed by atoms with E-state index in [-0.39, 0.29) is 24.2 Å². The zero-order chi connectivity index (χ0) is 29.2. The largest absolute Gasteiger partial charge is 0.344 e. The molecular weight excluding hydrogens is 544 g/mol. The van der Waals surface area contributed by atoms with Crippen LogP contribution >= 0.6 is 0 Å². The fraction of sp³-hybridized carbons (Fsp3) is 0.600. The number of benzene rings is 1. The molecule has 2 aliphatic heterocycles. The summed E-state index contributed by atoms with van der Waals surface area (Å²) >= 11 is 0. The van der Waals surface area contributed by atoms with E-state index in [9.17, 15) is 27.6 Å². The minimum Gasteiger partial charge on any atom is -0.344 e. The highest BCUT2D eigenvalue weighted by molar-refractivity contribution is 7.91. The molecule has 0 aromatic heterocycles. The van der Waals surface area contributed by atoms with E-state index in [2.05, 4.69) is 15.4 Å². The standard InChI is InChI=1S/C30H40N4O6S/c1-20-11-13-21(14-12-20)18-26(35)31-24-9-6-4-2-3-5-8-22-19-30(22,29(38)33-41(39,40)23-15-16-23)32-27(36)25-10-7-17-34(25)28(24)37/h5,8,11-14,22-25H,2-4,6-7,9-10,15-19H2,1H3,(H,31,35)(H,32,36)(H,33,38)/b8-5-/t22-,24+,25?,30-/m1/s1. The number of nitrogens with zero attached hydrogens (tertiary/aromatic N) is 1. The zero-order valence-electron chi connectivity index (χ0n) is 23.6. The maximum Gasteiger partial charge on any atom is 0.259 e. The van der Waals surface area contributed by atoms with Gasteiger partial charge in [-0.15, -0.1) is 0 Å². The highest BCUT2D eigenvalue weighted by Gasteiger charge is 2.61. The molecule has 4 aliphatic rings. The number of hydrogen-bond acceptors (Lipinski definition) is 6. The van der Waals surface area contributed by atoms with Crippen LogP contribution in [-0.4, -0.2) is 66.4 Å². The van der Waals surface area contributed by atoms with Crippen molar-refractivity contribution in [2.75, 3.05) is 6.54 Å². The lowest BCUT2D eigenvalue weighted by Crippen LogP contribution is -2.58. The summed E-state index contributed by atoms with van der Waals surface area (Å²) in [6.07, 6.45) is 10.1. The lowest BCUT2D eigenvalue weighted by molar-refractivity contribution is -0.142. The van der Waals surface area contributed by atoms with E-state index in [1.54, 1.807) is 0 Å². The van der Waals surface area contributed by atoms with Gasteiger partial charge in [0.1, 0.15) is 17.6 Å². The van der Waals surface area contributed by atoms with Gasteiger partial charge in [-0.3, -0.25) is 23.9 Å². The molecule has 1 saturated heterocycles. The zero-order valence-corrected chi connectivity index (χ0v) is 24.4. The van der Waals surface area contributed by atoms with Gasteiger partial charge in [0.25, 0.3) is 5.91 Å². The van der Waals surface area contributed by atoms with E-state index in [1.165, 1.54) is 4.90 Å². The van der Waals surface area contributed by atoms with E-state index < -0.39 is 44.7 Å². The van der Waals surface area contributed by atoms with Gasteiger partial charge < -0.3 is 15.5 Å². The Morgan fingerprint density at radius 3 is 2.51 bits per heavy atom. The Labute approximate surface area is 241 Å². The summed E-state index contributed by atoms with van der Waals surface area (Å²) in [5.41, 5.74) is 0.601. The Morgan fingerprint density at radius 1 is 1.02 bits per heavy atom. The Hall–Kier alpha value is -3.21. The highest BCUT2D eigenvalue weighted by Crippen LogP contribution is 2.46. The van der Waals surface area contributed by atoms with Crippen molar-refractivity contribution >= 4 is 33.7 Å². The van der Waals surface area contributed by atoms with Gasteiger partial charge in [-0.1, -0.05) is 54.8 Å². The summed E-state index contributed by atoms with van der Waals surface area (Å²) < 4.78 is 27.2. The quantitative estimate of drug-likeness (QED) is 0.437. The SMILES string of the molecule is Cc1ccc(CC(=O)N[C@H]2CCCCC/C=C\[C@@H]3C[C@@]3(C(=O)NS(=O)(=O)C3CC3)NC(=O)C3CCCN3C2=O)cc1. The predicted octanol–water partition coefficient (Wildman–Crippen LogP) is 2.02. The molecule has 222 valence electrons. The smallest absolute Gasteiger partial charge is 0.259 e. The van der Waals surface area contributed by atoms with Gasteiger partial charge in [-0.05, 0) is 63.9 Å². The minimum atomic E-state index is -3.78. The molecule has 5 rings (SSSR count). The number of amides is 4. The monoisotopic (exact) mass is 584 g/mol. The topological polar surface area (TPSA) is 142 Å². The molecule has 2 aliphatic carbocycles. The third kappa shape index (κ3) is 6.82. The Kier molecular flexibility index (Phi) is 8.54. The van der Waals surface area contributed by atoms with Crippen molar-refractivity contribution in [3.05, 3.63) is 47.5 Å². The fourth-order valence-electron chi connectivity index (χ4n) is 5.91. The number of rotatable bonds is 6. The van der Waals surface area contributed by atoms with E-state index in [0.29, 0.717) is 45.1 Å². The van der Waals surface area contributed by atoms with Crippen LogP contribution in [0, 0.1) is 12.8 Å². The summed E-state index contributed by atoms with van der Waals surface area (Å²) in [6, 6.07) is 6.14. The molecule has 11 heteroatoms. The van der Waals surface area contributed by atoms with Crippen LogP contribution in [0.1, 0.15) is 75.3 Å². The van der Waals surface area contributed by atoms with Crippen molar-refractivity contribution in [3.63, 3.8) is 0 Å². The summed E-state index contributed by atoms with van der Waals surface area (Å²) in [7, 11) is -3.78. The lowest BCUT2D eigenvalue weighted by atomic mass is 10.0. The first-order valence-electron chi connectivity index (χ1n) is 14.8. The van der Waals surface area contributed by atoms with Gasteiger partial charge >= 0.3 is 0 Å². The molecule has 1 aromatic rings. The molecule has 41 heavy (non-hydrogen) atoms. The van der Waals surface area contributed by atoms with Gasteiger partial charge in [0, 0.05) is 12.5 Å². The first kappa shape index (κ1) is 29.3. The van der Waals surface area contributed by atoms with Gasteiger partial charge in [-0.25, -0.2) is 8.42 Å². The average Bonchev–Trinajstić information content (AvgIpc) is 3.84. The molecule has 4 atom stereocenters. The molecule has 1 unspecified atom stereocenters. The molecule has 3 N–H and O–H groups in total. The Bertz CT molecular complexity index is 1320. The van der Waals surface area contributed by atoms with Crippen LogP contribution in [0.2, 0.25) is 0 Å². The molecule has 3 fully saturated rings. The molecule has 1 aromatic carbocycles. The van der Waals surface area contributed by atoms with Gasteiger partial charge in [0.05, 0.1) is 11.7 Å². The lowest BCUT2D eigenvalue weighted by Gasteiger charge is -2.30. The number of nitrogens with one attached hydrogen (secondary N) is 3. The second kappa shape index (κ2) is 12.0. The second-order valence-electron chi connectivity index (χ2n) is 12.0. The summed E-state index contributed by atoms with van der Waals surface area (Å²) in [6.45, 7) is 2.35. The number of allylic oxidation sites excluding steroid dienone is 1. The van der Waals surface area contributed by atoms with Crippen molar-refractivity contribution in [2.24, 2.45) is 5.92 Å². The molecule has 2 saturated carbocycles. The second-order valence-corrected chi connectivity index (χ2v) is 13.9. The van der Waals surface area contributed by atoms with Crippen LogP contribution in [0.25, 0.3) is 0 Å². The molecule has 10 nitrogen and oxygen atoms in total. The maximum atomic E-state index is 13.8. The number of carbonyl (C=O) groups is 4. The van der Waals surface area contributed by atoms with E-state index >= 15 is 0 Å². The van der Waals surface area contributed by atoms with Crippen molar-refractivity contribution in [2.45, 2.75) is 100 Å². The third-order valence-electron chi connectivity index (χ3n) is 8.65. The number of sulfonamides is 1. The van der Waals surface area contributed by atoms with Gasteiger partial charge in [0.2, 0.25) is 27.7 Å². The van der Waals surface area contributed by atoms with Gasteiger partial charge in [-0.2, -0.15) is 0 Å². The Balaban J connectivity index is 1.32. The molecule has 2 heterocycles. The molecule has 0 bridgehead atoms. The van der Waals surface area contributed by atoms with Crippen LogP contribution in [0.15, 0.2) is 36.4 Å². The fourth-order valence-corrected chi connectivity index (χ4v) is 7.28. The van der Waals surface area contributed by atoms with Crippen LogP contribution < -0.4 is 15.4 Å². The normalized spacial score (nSPS) is 29.7. The van der Waals surface area contributed by atoms with Crippen LogP contribution in [0.3, 0.4) is 0 Å². The first-order valence-corrected chi connectivity index (χ1v) is 16.3. The van der Waals surface area contributed by atoms with Crippen molar-refractivity contribution in [3.8, 4) is 0 Å². The van der Waals surface area contributed by atoms with Crippen LogP contribution in [0.5, 0.6) is 0 Å². The van der Waals surface area contributed by atoms with Crippen molar-refractivity contribution < 1.29 is 27.6 Å². The number of fused-ring (bicyclic) bond motifs is 2. The predicted molar refractivity (Wildman–Crippen MR) is 153 cm³/mol. The summed E-state index contributed by atoms with van der Waals surface area (Å²) in [5, 5.41) is 5.22. The molecular formula is C30H40N4O6S. The summed E-state index contributed by atoms with van der Waals surface area (Å²) in [4.78, 5) is 55.1. The van der Waals surface area contributed by atoms with Crippen molar-refractivity contribution in [1.29, 1.82) is 0 Å². The van der Waals surface area contributed by atoms with Gasteiger partial charge in [0.15, 0.2) is 0 Å². The highest BCUT2D eigenvalue weighted by atomic mass is 32.2. The Morgan fingerprint density at radius 2 is 1.78 bits per heavy atom. The van der Waals surface area contributed by atoms with Crippen LogP contribution in [0.4, 0.5) is 0 Å². The van der Waals surface area contributed by atoms with Crippen molar-refractivity contribution in [1.82, 2.24) is 20.3 Å². The van der Waals surface area contributed by atoms with E-state index in [1.807, 2.05) is 43.3 Å². The molecule has 0 radical (unpaired) electrons. The maximum absolute atomic E-state index is 13.8. The molecule has 0 spiro atoms.